The maximum absolute atomic E-state index is 15.0. The SMILES string of the molecule is CN=C(N=Nn1ccnc1)c1ccc(N2CC3(CCN(Cc4cn(C(C)(C)C)nc4-c4cc(F)c(Cl)cc4F)CC3)OC2=O)cc1. The fourth-order valence-corrected chi connectivity index (χ4v) is 5.81. The van der Waals surface area contributed by atoms with E-state index in [1.165, 1.54) is 11.0 Å². The van der Waals surface area contributed by atoms with Crippen molar-refractivity contribution in [1.82, 2.24) is 24.3 Å². The van der Waals surface area contributed by atoms with Crippen LogP contribution in [0.3, 0.4) is 0 Å². The lowest BCUT2D eigenvalue weighted by Gasteiger charge is -2.37. The quantitative estimate of drug-likeness (QED) is 0.0998. The Kier molecular flexibility index (Phi) is 8.47. The number of hydrogen-bond acceptors (Lipinski definition) is 7. The molecule has 0 N–H and O–H groups in total. The monoisotopic (exact) mass is 649 g/mol. The molecule has 2 aromatic carbocycles. The highest BCUT2D eigenvalue weighted by molar-refractivity contribution is 6.30. The molecule has 2 aliphatic heterocycles. The molecule has 0 aliphatic carbocycles. The van der Waals surface area contributed by atoms with Gasteiger partial charge >= 0.3 is 6.09 Å². The van der Waals surface area contributed by atoms with Gasteiger partial charge in [0.05, 0.1) is 29.0 Å². The number of hydrogen-bond donors (Lipinski definition) is 0. The molecule has 2 aliphatic rings. The maximum atomic E-state index is 15.0. The summed E-state index contributed by atoms with van der Waals surface area (Å²) in [5, 5.41) is 12.7. The number of halogens is 3. The highest BCUT2D eigenvalue weighted by atomic mass is 35.5. The zero-order chi connectivity index (χ0) is 32.6. The van der Waals surface area contributed by atoms with Crippen LogP contribution in [-0.2, 0) is 16.8 Å². The molecule has 4 heterocycles. The predicted molar refractivity (Wildman–Crippen MR) is 170 cm³/mol. The molecule has 14 heteroatoms. The Morgan fingerprint density at radius 1 is 1.11 bits per heavy atom. The van der Waals surface area contributed by atoms with Crippen molar-refractivity contribution in [3.8, 4) is 11.3 Å². The van der Waals surface area contributed by atoms with Gasteiger partial charge in [0.1, 0.15) is 23.6 Å². The van der Waals surface area contributed by atoms with E-state index in [0.717, 1.165) is 23.3 Å². The van der Waals surface area contributed by atoms with Crippen LogP contribution < -0.4 is 4.90 Å². The van der Waals surface area contributed by atoms with Crippen LogP contribution in [0, 0.1) is 11.6 Å². The summed E-state index contributed by atoms with van der Waals surface area (Å²) in [5.74, 6) is -0.896. The van der Waals surface area contributed by atoms with E-state index < -0.39 is 17.2 Å². The molecule has 6 rings (SSSR count). The fraction of sp³-hybridized carbons (Fsp3) is 0.375. The molecule has 0 saturated carbocycles. The van der Waals surface area contributed by atoms with E-state index >= 15 is 0 Å². The zero-order valence-electron chi connectivity index (χ0n) is 26.0. The molecule has 1 spiro atoms. The lowest BCUT2D eigenvalue weighted by Crippen LogP contribution is -2.46. The van der Waals surface area contributed by atoms with Gasteiger partial charge in [-0.25, -0.2) is 23.2 Å². The Labute approximate surface area is 270 Å². The number of aliphatic imine (C=N–C) groups is 1. The van der Waals surface area contributed by atoms with Gasteiger partial charge in [0.2, 0.25) is 0 Å². The predicted octanol–water partition coefficient (Wildman–Crippen LogP) is 6.72. The van der Waals surface area contributed by atoms with Crippen molar-refractivity contribution in [3.63, 3.8) is 0 Å². The van der Waals surface area contributed by atoms with Crippen molar-refractivity contribution in [2.45, 2.75) is 51.3 Å². The first-order valence-corrected chi connectivity index (χ1v) is 15.3. The number of anilines is 1. The van der Waals surface area contributed by atoms with Gasteiger partial charge in [0.15, 0.2) is 5.84 Å². The van der Waals surface area contributed by atoms with E-state index in [4.69, 9.17) is 16.3 Å². The second kappa shape index (κ2) is 12.4. The molecule has 0 bridgehead atoms. The topological polar surface area (TPSA) is 106 Å². The van der Waals surface area contributed by atoms with Crippen molar-refractivity contribution in [2.24, 2.45) is 15.3 Å². The number of amidine groups is 1. The summed E-state index contributed by atoms with van der Waals surface area (Å²) in [6.45, 7) is 8.19. The molecule has 11 nitrogen and oxygen atoms in total. The van der Waals surface area contributed by atoms with Gasteiger partial charge in [-0.3, -0.25) is 19.5 Å². The maximum Gasteiger partial charge on any atom is 0.415 e. The largest absolute Gasteiger partial charge is 0.441 e. The Morgan fingerprint density at radius 3 is 2.50 bits per heavy atom. The number of nitrogens with zero attached hydrogens (tertiary/aromatic N) is 9. The molecule has 2 saturated heterocycles. The molecule has 0 atom stereocenters. The summed E-state index contributed by atoms with van der Waals surface area (Å²) in [4.78, 5) is 25.1. The van der Waals surface area contributed by atoms with Gasteiger partial charge in [0, 0.05) is 74.3 Å². The van der Waals surface area contributed by atoms with Crippen LogP contribution in [0.5, 0.6) is 0 Å². The minimum absolute atomic E-state index is 0.0679. The molecule has 1 amide bonds. The summed E-state index contributed by atoms with van der Waals surface area (Å²) in [6, 6.07) is 9.45. The lowest BCUT2D eigenvalue weighted by atomic mass is 9.91. The molecule has 0 radical (unpaired) electrons. The summed E-state index contributed by atoms with van der Waals surface area (Å²) in [7, 11) is 1.64. The second-order valence-corrected chi connectivity index (χ2v) is 12.9. The summed E-state index contributed by atoms with van der Waals surface area (Å²) in [6.07, 6.45) is 7.56. The van der Waals surface area contributed by atoms with Crippen molar-refractivity contribution in [2.75, 3.05) is 31.6 Å². The van der Waals surface area contributed by atoms with Crippen LogP contribution in [0.25, 0.3) is 11.3 Å². The molecule has 2 fully saturated rings. The zero-order valence-corrected chi connectivity index (χ0v) is 26.7. The van der Waals surface area contributed by atoms with Crippen molar-refractivity contribution >= 4 is 29.2 Å². The van der Waals surface area contributed by atoms with E-state index in [-0.39, 0.29) is 22.2 Å². The minimum Gasteiger partial charge on any atom is -0.441 e. The normalized spacial score (nSPS) is 17.4. The summed E-state index contributed by atoms with van der Waals surface area (Å²) < 4.78 is 38.6. The third-order valence-electron chi connectivity index (χ3n) is 8.26. The van der Waals surface area contributed by atoms with Crippen LogP contribution in [-0.4, -0.2) is 68.6 Å². The Hall–Kier alpha value is -4.49. The third kappa shape index (κ3) is 6.42. The highest BCUT2D eigenvalue weighted by Gasteiger charge is 2.47. The summed E-state index contributed by atoms with van der Waals surface area (Å²) in [5.41, 5.74) is 1.70. The van der Waals surface area contributed by atoms with Crippen LogP contribution >= 0.6 is 11.6 Å². The molecular formula is C32H34ClF2N9O2. The van der Waals surface area contributed by atoms with Crippen molar-refractivity contribution in [3.05, 3.63) is 89.1 Å². The molecular weight excluding hydrogens is 616 g/mol. The van der Waals surface area contributed by atoms with E-state index in [0.29, 0.717) is 56.2 Å². The number of carbonyl (C=O) groups is 1. The number of aromatic nitrogens is 4. The Balaban J connectivity index is 1.13. The number of ether oxygens (including phenoxy) is 1. The number of benzene rings is 2. The molecule has 2 aromatic heterocycles. The first-order valence-electron chi connectivity index (χ1n) is 14.9. The molecule has 4 aromatic rings. The highest BCUT2D eigenvalue weighted by Crippen LogP contribution is 2.37. The fourth-order valence-electron chi connectivity index (χ4n) is 5.66. The molecule has 46 heavy (non-hydrogen) atoms. The van der Waals surface area contributed by atoms with E-state index in [1.807, 2.05) is 51.2 Å². The summed E-state index contributed by atoms with van der Waals surface area (Å²) >= 11 is 5.82. The standard InChI is InChI=1S/C32H34ClF2N9O2/c1-31(2,3)44-18-22(28(39-44)24-15-27(35)25(33)16-26(24)34)17-41-12-9-32(10-13-41)19-43(30(45)46-32)23-7-5-21(6-8-23)29(36-4)38-40-42-14-11-37-20-42/h5-8,11,14-16,18,20H,9-10,12-13,17,19H2,1-4H3. The van der Waals surface area contributed by atoms with Crippen molar-refractivity contribution < 1.29 is 18.3 Å². The van der Waals surface area contributed by atoms with Crippen LogP contribution in [0.4, 0.5) is 19.3 Å². The Bertz CT molecular complexity index is 1790. The number of rotatable bonds is 6. The number of piperidine rings is 1. The van der Waals surface area contributed by atoms with Gasteiger partial charge in [-0.1, -0.05) is 16.8 Å². The average Bonchev–Trinajstić information content (AvgIpc) is 3.77. The van der Waals surface area contributed by atoms with Gasteiger partial charge in [-0.05, 0) is 57.2 Å². The molecule has 240 valence electrons. The lowest BCUT2D eigenvalue weighted by molar-refractivity contribution is -0.000945. The van der Waals surface area contributed by atoms with Gasteiger partial charge < -0.3 is 4.74 Å². The smallest absolute Gasteiger partial charge is 0.415 e. The van der Waals surface area contributed by atoms with Gasteiger partial charge in [-0.2, -0.15) is 5.10 Å². The second-order valence-electron chi connectivity index (χ2n) is 12.5. The first kappa shape index (κ1) is 31.5. The van der Waals surface area contributed by atoms with Crippen molar-refractivity contribution in [1.29, 1.82) is 0 Å². The number of likely N-dealkylation sites (tertiary alicyclic amines) is 1. The number of imidazole rings is 1. The van der Waals surface area contributed by atoms with Crippen LogP contribution in [0.15, 0.2) is 76.6 Å². The third-order valence-corrected chi connectivity index (χ3v) is 8.55. The van der Waals surface area contributed by atoms with Crippen LogP contribution in [0.1, 0.15) is 44.7 Å². The number of amides is 1. The Morgan fingerprint density at radius 2 is 1.85 bits per heavy atom. The number of carbonyl (C=O) groups excluding carboxylic acids is 1. The molecule has 0 unspecified atom stereocenters. The van der Waals surface area contributed by atoms with E-state index in [2.05, 4.69) is 30.3 Å². The average molecular weight is 650 g/mol. The van der Waals surface area contributed by atoms with Crippen LogP contribution in [0.2, 0.25) is 5.02 Å². The first-order chi connectivity index (χ1) is 21.9. The van der Waals surface area contributed by atoms with E-state index in [1.54, 1.807) is 29.0 Å². The van der Waals surface area contributed by atoms with Gasteiger partial charge in [-0.15, -0.1) is 5.11 Å². The van der Waals surface area contributed by atoms with E-state index in [9.17, 15) is 13.6 Å². The minimum atomic E-state index is -0.702. The van der Waals surface area contributed by atoms with Gasteiger partial charge in [0.25, 0.3) is 0 Å².